The van der Waals surface area contributed by atoms with Crippen molar-refractivity contribution in [1.29, 1.82) is 0 Å². The highest BCUT2D eigenvalue weighted by molar-refractivity contribution is 5.97. The number of hydrogen-bond acceptors (Lipinski definition) is 6. The van der Waals surface area contributed by atoms with Crippen LogP contribution in [0.15, 0.2) is 35.1 Å². The van der Waals surface area contributed by atoms with Crippen LogP contribution in [0, 0.1) is 13.8 Å². The van der Waals surface area contributed by atoms with Crippen molar-refractivity contribution in [2.24, 2.45) is 0 Å². The molecule has 0 saturated carbocycles. The van der Waals surface area contributed by atoms with Crippen LogP contribution in [0.25, 0.3) is 33.3 Å². The third-order valence-electron chi connectivity index (χ3n) is 5.98. The van der Waals surface area contributed by atoms with Crippen molar-refractivity contribution in [3.05, 3.63) is 47.6 Å². The number of hydrogen-bond donors (Lipinski definition) is 3. The number of aromatic amines is 1. The zero-order chi connectivity index (χ0) is 23.2. The second-order valence-corrected chi connectivity index (χ2v) is 8.30. The number of halogens is 3. The minimum Gasteiger partial charge on any atom is -0.361 e. The lowest BCUT2D eigenvalue weighted by atomic mass is 10.0. The number of rotatable bonds is 4. The Morgan fingerprint density at radius 3 is 2.76 bits per heavy atom. The molecule has 0 radical (unpaired) electrons. The molecule has 172 valence electrons. The number of nitrogens with zero attached hydrogens (tertiary/aromatic N) is 3. The molecule has 0 aliphatic carbocycles. The SMILES string of the molecule is Cc1noc(C)c1-c1ccc2c(-c3nc(N[C@H]4CCCNC4)ncc3C(F)(F)F)c[nH]c2c1. The number of piperidine rings is 1. The van der Waals surface area contributed by atoms with Gasteiger partial charge in [0, 0.05) is 47.0 Å². The van der Waals surface area contributed by atoms with E-state index in [-0.39, 0.29) is 17.7 Å². The van der Waals surface area contributed by atoms with E-state index >= 15 is 0 Å². The number of fused-ring (bicyclic) bond motifs is 1. The van der Waals surface area contributed by atoms with Gasteiger partial charge in [-0.15, -0.1) is 0 Å². The van der Waals surface area contributed by atoms with E-state index in [1.54, 1.807) is 12.3 Å². The van der Waals surface area contributed by atoms with Gasteiger partial charge in [0.25, 0.3) is 0 Å². The van der Waals surface area contributed by atoms with Crippen LogP contribution in [0.2, 0.25) is 0 Å². The normalized spacial score (nSPS) is 16.9. The summed E-state index contributed by atoms with van der Waals surface area (Å²) >= 11 is 0. The van der Waals surface area contributed by atoms with Crippen molar-refractivity contribution in [2.75, 3.05) is 18.4 Å². The summed E-state index contributed by atoms with van der Waals surface area (Å²) in [5.41, 5.74) is 2.54. The quantitative estimate of drug-likeness (QED) is 0.397. The Balaban J connectivity index is 1.58. The summed E-state index contributed by atoms with van der Waals surface area (Å²) in [5, 5.41) is 11.1. The molecule has 1 aliphatic heterocycles. The standard InChI is InChI=1S/C23H23F3N6O/c1-12-20(13(2)33-32-12)14-5-6-16-17(10-28-19(16)8-14)21-18(23(24,25)26)11-29-22(31-21)30-15-4-3-7-27-9-15/h5-6,8,10-11,15,27-28H,3-4,7,9H2,1-2H3,(H,29,30,31)/t15-/m0/s1. The molecule has 1 atom stereocenters. The fourth-order valence-corrected chi connectivity index (χ4v) is 4.39. The van der Waals surface area contributed by atoms with Crippen molar-refractivity contribution in [1.82, 2.24) is 25.4 Å². The van der Waals surface area contributed by atoms with Crippen molar-refractivity contribution in [3.8, 4) is 22.4 Å². The third-order valence-corrected chi connectivity index (χ3v) is 5.98. The van der Waals surface area contributed by atoms with Crippen LogP contribution < -0.4 is 10.6 Å². The second kappa shape index (κ2) is 8.18. The summed E-state index contributed by atoms with van der Waals surface area (Å²) in [4.78, 5) is 11.4. The van der Waals surface area contributed by atoms with Gasteiger partial charge in [-0.3, -0.25) is 0 Å². The number of aromatic nitrogens is 4. The molecule has 1 aromatic carbocycles. The van der Waals surface area contributed by atoms with E-state index in [2.05, 4.69) is 30.7 Å². The van der Waals surface area contributed by atoms with Gasteiger partial charge in [0.05, 0.1) is 11.4 Å². The van der Waals surface area contributed by atoms with E-state index in [4.69, 9.17) is 4.52 Å². The van der Waals surface area contributed by atoms with Crippen LogP contribution in [-0.4, -0.2) is 39.2 Å². The first-order valence-corrected chi connectivity index (χ1v) is 10.8. The van der Waals surface area contributed by atoms with Gasteiger partial charge in [-0.25, -0.2) is 9.97 Å². The Hall–Kier alpha value is -3.40. The fourth-order valence-electron chi connectivity index (χ4n) is 4.39. The first-order valence-electron chi connectivity index (χ1n) is 10.8. The smallest absolute Gasteiger partial charge is 0.361 e. The molecule has 4 aromatic rings. The van der Waals surface area contributed by atoms with E-state index < -0.39 is 11.7 Å². The lowest BCUT2D eigenvalue weighted by Gasteiger charge is -2.24. The molecule has 1 saturated heterocycles. The Bertz CT molecular complexity index is 1280. The van der Waals surface area contributed by atoms with E-state index in [0.29, 0.717) is 22.2 Å². The molecule has 33 heavy (non-hydrogen) atoms. The van der Waals surface area contributed by atoms with Crippen LogP contribution in [0.4, 0.5) is 19.1 Å². The Labute approximate surface area is 187 Å². The minimum absolute atomic E-state index is 0.0731. The maximum Gasteiger partial charge on any atom is 0.419 e. The third kappa shape index (κ3) is 4.06. The molecule has 1 fully saturated rings. The summed E-state index contributed by atoms with van der Waals surface area (Å²) < 4.78 is 46.7. The van der Waals surface area contributed by atoms with E-state index in [0.717, 1.165) is 48.9 Å². The number of nitrogens with one attached hydrogen (secondary N) is 3. The Kier molecular flexibility index (Phi) is 5.32. The summed E-state index contributed by atoms with van der Waals surface area (Å²) in [6, 6.07) is 5.60. The fraction of sp³-hybridized carbons (Fsp3) is 0.348. The summed E-state index contributed by atoms with van der Waals surface area (Å²) in [7, 11) is 0. The molecular formula is C23H23F3N6O. The molecule has 0 amide bonds. The Morgan fingerprint density at radius 1 is 1.21 bits per heavy atom. The van der Waals surface area contributed by atoms with Crippen molar-refractivity contribution < 1.29 is 17.7 Å². The van der Waals surface area contributed by atoms with Crippen molar-refractivity contribution in [2.45, 2.75) is 38.9 Å². The first kappa shape index (κ1) is 21.4. The molecule has 4 heterocycles. The minimum atomic E-state index is -4.58. The average Bonchev–Trinajstić information content (AvgIpc) is 3.35. The van der Waals surface area contributed by atoms with E-state index in [1.807, 2.05) is 26.0 Å². The zero-order valence-electron chi connectivity index (χ0n) is 18.2. The molecular weight excluding hydrogens is 433 g/mol. The summed E-state index contributed by atoms with van der Waals surface area (Å²) in [5.74, 6) is 0.870. The predicted molar refractivity (Wildman–Crippen MR) is 119 cm³/mol. The van der Waals surface area contributed by atoms with Gasteiger partial charge < -0.3 is 20.1 Å². The van der Waals surface area contributed by atoms with Gasteiger partial charge in [-0.2, -0.15) is 13.2 Å². The average molecular weight is 456 g/mol. The molecule has 7 nitrogen and oxygen atoms in total. The largest absolute Gasteiger partial charge is 0.419 e. The lowest BCUT2D eigenvalue weighted by Crippen LogP contribution is -2.38. The van der Waals surface area contributed by atoms with Gasteiger partial charge >= 0.3 is 6.18 Å². The molecule has 1 aliphatic rings. The number of anilines is 1. The van der Waals surface area contributed by atoms with Crippen LogP contribution in [0.3, 0.4) is 0 Å². The highest BCUT2D eigenvalue weighted by Gasteiger charge is 2.36. The van der Waals surface area contributed by atoms with Crippen LogP contribution in [0.1, 0.15) is 29.9 Å². The van der Waals surface area contributed by atoms with Crippen LogP contribution in [0.5, 0.6) is 0 Å². The summed E-state index contributed by atoms with van der Waals surface area (Å²) in [6.07, 6.45) is -0.269. The predicted octanol–water partition coefficient (Wildman–Crippen LogP) is 5.08. The van der Waals surface area contributed by atoms with Gasteiger partial charge in [0.1, 0.15) is 11.3 Å². The van der Waals surface area contributed by atoms with Gasteiger partial charge in [-0.05, 0) is 44.9 Å². The molecule has 0 spiro atoms. The van der Waals surface area contributed by atoms with E-state index in [9.17, 15) is 13.2 Å². The molecule has 10 heteroatoms. The van der Waals surface area contributed by atoms with Gasteiger partial charge in [0.2, 0.25) is 5.95 Å². The van der Waals surface area contributed by atoms with E-state index in [1.165, 1.54) is 0 Å². The molecule has 5 rings (SSSR count). The molecule has 0 bridgehead atoms. The number of H-pyrrole nitrogens is 1. The monoisotopic (exact) mass is 456 g/mol. The zero-order valence-corrected chi connectivity index (χ0v) is 18.2. The highest BCUT2D eigenvalue weighted by atomic mass is 19.4. The van der Waals surface area contributed by atoms with Crippen LogP contribution >= 0.6 is 0 Å². The van der Waals surface area contributed by atoms with Gasteiger partial charge in [-0.1, -0.05) is 17.3 Å². The second-order valence-electron chi connectivity index (χ2n) is 8.30. The maximum absolute atomic E-state index is 13.8. The molecule has 0 unspecified atom stereocenters. The Morgan fingerprint density at radius 2 is 2.06 bits per heavy atom. The first-order chi connectivity index (χ1) is 15.8. The lowest BCUT2D eigenvalue weighted by molar-refractivity contribution is -0.137. The van der Waals surface area contributed by atoms with Gasteiger partial charge in [0.15, 0.2) is 0 Å². The summed E-state index contributed by atoms with van der Waals surface area (Å²) in [6.45, 7) is 5.33. The van der Waals surface area contributed by atoms with Crippen molar-refractivity contribution >= 4 is 16.9 Å². The number of benzene rings is 1. The number of aryl methyl sites for hydroxylation is 2. The van der Waals surface area contributed by atoms with Crippen LogP contribution in [-0.2, 0) is 6.18 Å². The topological polar surface area (TPSA) is 91.7 Å². The number of alkyl halides is 3. The maximum atomic E-state index is 13.8. The highest BCUT2D eigenvalue weighted by Crippen LogP contribution is 2.39. The molecule has 3 aromatic heterocycles. The van der Waals surface area contributed by atoms with Crippen molar-refractivity contribution in [3.63, 3.8) is 0 Å². The molecule has 3 N–H and O–H groups in total.